The summed E-state index contributed by atoms with van der Waals surface area (Å²) in [6, 6.07) is 0. The highest BCUT2D eigenvalue weighted by molar-refractivity contribution is 4.77. The van der Waals surface area contributed by atoms with Crippen molar-refractivity contribution in [3.8, 4) is 0 Å². The normalized spacial score (nSPS) is 22.2. The molecule has 1 heterocycles. The van der Waals surface area contributed by atoms with Crippen LogP contribution in [0, 0.1) is 5.92 Å². The van der Waals surface area contributed by atoms with Gasteiger partial charge in [-0.2, -0.15) is 0 Å². The van der Waals surface area contributed by atoms with Crippen molar-refractivity contribution >= 4 is 0 Å². The third-order valence-corrected chi connectivity index (χ3v) is 2.06. The van der Waals surface area contributed by atoms with Crippen LogP contribution in [-0.2, 0) is 0 Å². The Morgan fingerprint density at radius 1 is 1.60 bits per heavy atom. The monoisotopic (exact) mass is 145 g/mol. The molecule has 0 amide bonds. The van der Waals surface area contributed by atoms with Gasteiger partial charge in [0, 0.05) is 0 Å². The number of halogens is 1. The van der Waals surface area contributed by atoms with Gasteiger partial charge in [0.2, 0.25) is 0 Å². The van der Waals surface area contributed by atoms with Gasteiger partial charge in [-0.3, -0.25) is 0 Å². The van der Waals surface area contributed by atoms with Gasteiger partial charge < -0.3 is 5.32 Å². The van der Waals surface area contributed by atoms with Crippen molar-refractivity contribution < 1.29 is 4.39 Å². The lowest BCUT2D eigenvalue weighted by Gasteiger charge is -2.28. The molecule has 60 valence electrons. The van der Waals surface area contributed by atoms with Crippen molar-refractivity contribution in [2.75, 3.05) is 13.1 Å². The highest BCUT2D eigenvalue weighted by Crippen LogP contribution is 2.16. The molecule has 1 unspecified atom stereocenters. The quantitative estimate of drug-likeness (QED) is 0.635. The van der Waals surface area contributed by atoms with E-state index in [9.17, 15) is 4.39 Å². The molecule has 0 radical (unpaired) electrons. The summed E-state index contributed by atoms with van der Waals surface area (Å²) in [6.45, 7) is 4.10. The lowest BCUT2D eigenvalue weighted by molar-refractivity contribution is 0.211. The Hall–Kier alpha value is -0.110. The predicted molar refractivity (Wildman–Crippen MR) is 40.8 cm³/mol. The second-order valence-electron chi connectivity index (χ2n) is 3.15. The second-order valence-corrected chi connectivity index (χ2v) is 3.15. The van der Waals surface area contributed by atoms with E-state index >= 15 is 0 Å². The Bertz CT molecular complexity index is 91.3. The van der Waals surface area contributed by atoms with E-state index in [1.807, 2.05) is 6.92 Å². The minimum atomic E-state index is -0.544. The molecule has 1 atom stereocenters. The average Bonchev–Trinajstić information content (AvgIpc) is 1.80. The number of hydrogen-bond donors (Lipinski definition) is 1. The molecule has 2 heteroatoms. The fraction of sp³-hybridized carbons (Fsp3) is 1.00. The predicted octanol–water partition coefficient (Wildman–Crippen LogP) is 1.73. The summed E-state index contributed by atoms with van der Waals surface area (Å²) in [6.07, 6.45) is 1.95. The minimum Gasteiger partial charge on any atom is -0.316 e. The Morgan fingerprint density at radius 2 is 2.30 bits per heavy atom. The standard InChI is InChI=1S/C8H16FN/c1-2-3-8(9)4-7-5-10-6-7/h7-8,10H,2-6H2,1H3. The fourth-order valence-electron chi connectivity index (χ4n) is 1.31. The zero-order chi connectivity index (χ0) is 7.40. The minimum absolute atomic E-state index is 0.544. The Balaban J connectivity index is 1.99. The van der Waals surface area contributed by atoms with Gasteiger partial charge in [0.15, 0.2) is 0 Å². The van der Waals surface area contributed by atoms with E-state index in [1.165, 1.54) is 0 Å². The van der Waals surface area contributed by atoms with Gasteiger partial charge in [0.05, 0.1) is 0 Å². The van der Waals surface area contributed by atoms with E-state index in [4.69, 9.17) is 0 Å². The highest BCUT2D eigenvalue weighted by Gasteiger charge is 2.20. The topological polar surface area (TPSA) is 12.0 Å². The van der Waals surface area contributed by atoms with E-state index in [0.29, 0.717) is 5.92 Å². The van der Waals surface area contributed by atoms with Gasteiger partial charge >= 0.3 is 0 Å². The van der Waals surface area contributed by atoms with Gasteiger partial charge in [-0.1, -0.05) is 13.3 Å². The van der Waals surface area contributed by atoms with Crippen LogP contribution in [0.3, 0.4) is 0 Å². The highest BCUT2D eigenvalue weighted by atomic mass is 19.1. The SMILES string of the molecule is CCCC(F)CC1CNC1. The maximum Gasteiger partial charge on any atom is 0.100 e. The molecule has 1 aliphatic rings. The molecule has 1 N–H and O–H groups in total. The van der Waals surface area contributed by atoms with Crippen molar-refractivity contribution in [1.82, 2.24) is 5.32 Å². The Labute approximate surface area is 62.0 Å². The molecule has 0 aromatic heterocycles. The molecule has 1 saturated heterocycles. The van der Waals surface area contributed by atoms with E-state index in [0.717, 1.165) is 32.4 Å². The first-order valence-electron chi connectivity index (χ1n) is 4.17. The molecule has 1 rings (SSSR count). The molecule has 0 spiro atoms. The van der Waals surface area contributed by atoms with E-state index in [2.05, 4.69) is 5.32 Å². The maximum atomic E-state index is 12.8. The molecule has 10 heavy (non-hydrogen) atoms. The molecule has 0 saturated carbocycles. The number of alkyl halides is 1. The van der Waals surface area contributed by atoms with Crippen LogP contribution in [0.15, 0.2) is 0 Å². The van der Waals surface area contributed by atoms with Crippen molar-refractivity contribution in [3.05, 3.63) is 0 Å². The third-order valence-electron chi connectivity index (χ3n) is 2.06. The van der Waals surface area contributed by atoms with E-state index < -0.39 is 6.17 Å². The summed E-state index contributed by atoms with van der Waals surface area (Å²) >= 11 is 0. The lowest BCUT2D eigenvalue weighted by atomic mass is 9.95. The molecular weight excluding hydrogens is 129 g/mol. The van der Waals surface area contributed by atoms with Crippen LogP contribution in [-0.4, -0.2) is 19.3 Å². The third kappa shape index (κ3) is 2.25. The number of rotatable bonds is 4. The van der Waals surface area contributed by atoms with Crippen LogP contribution < -0.4 is 5.32 Å². The fourth-order valence-corrected chi connectivity index (χ4v) is 1.31. The molecule has 0 bridgehead atoms. The van der Waals surface area contributed by atoms with Crippen LogP contribution in [0.5, 0.6) is 0 Å². The summed E-state index contributed by atoms with van der Waals surface area (Å²) < 4.78 is 12.8. The summed E-state index contributed by atoms with van der Waals surface area (Å²) in [4.78, 5) is 0. The Kier molecular flexibility index (Phi) is 3.13. The van der Waals surface area contributed by atoms with E-state index in [1.54, 1.807) is 0 Å². The summed E-state index contributed by atoms with van der Waals surface area (Å²) in [5, 5.41) is 3.14. The Morgan fingerprint density at radius 3 is 2.70 bits per heavy atom. The molecule has 1 aliphatic heterocycles. The van der Waals surface area contributed by atoms with Gasteiger partial charge in [0.1, 0.15) is 6.17 Å². The van der Waals surface area contributed by atoms with Crippen LogP contribution in [0.2, 0.25) is 0 Å². The van der Waals surface area contributed by atoms with Crippen molar-refractivity contribution in [1.29, 1.82) is 0 Å². The molecule has 0 aromatic carbocycles. The van der Waals surface area contributed by atoms with Gasteiger partial charge in [-0.15, -0.1) is 0 Å². The molecule has 1 fully saturated rings. The average molecular weight is 145 g/mol. The first-order valence-corrected chi connectivity index (χ1v) is 4.17. The molecule has 1 nitrogen and oxygen atoms in total. The number of hydrogen-bond acceptors (Lipinski definition) is 1. The summed E-state index contributed by atoms with van der Waals surface area (Å²) in [5.74, 6) is 0.626. The zero-order valence-electron chi connectivity index (χ0n) is 6.57. The number of nitrogens with one attached hydrogen (secondary N) is 1. The largest absolute Gasteiger partial charge is 0.316 e. The van der Waals surface area contributed by atoms with Crippen LogP contribution in [0.1, 0.15) is 26.2 Å². The van der Waals surface area contributed by atoms with Gasteiger partial charge in [0.25, 0.3) is 0 Å². The molecular formula is C8H16FN. The molecule has 0 aliphatic carbocycles. The lowest BCUT2D eigenvalue weighted by Crippen LogP contribution is -2.43. The van der Waals surface area contributed by atoms with Crippen molar-refractivity contribution in [3.63, 3.8) is 0 Å². The van der Waals surface area contributed by atoms with Crippen LogP contribution >= 0.6 is 0 Å². The smallest absolute Gasteiger partial charge is 0.100 e. The van der Waals surface area contributed by atoms with Crippen LogP contribution in [0.4, 0.5) is 4.39 Å². The van der Waals surface area contributed by atoms with Gasteiger partial charge in [-0.25, -0.2) is 4.39 Å². The van der Waals surface area contributed by atoms with E-state index in [-0.39, 0.29) is 0 Å². The summed E-state index contributed by atoms with van der Waals surface area (Å²) in [5.41, 5.74) is 0. The van der Waals surface area contributed by atoms with Crippen LogP contribution in [0.25, 0.3) is 0 Å². The zero-order valence-corrected chi connectivity index (χ0v) is 6.57. The van der Waals surface area contributed by atoms with Crippen molar-refractivity contribution in [2.24, 2.45) is 5.92 Å². The first kappa shape index (κ1) is 7.99. The maximum absolute atomic E-state index is 12.8. The summed E-state index contributed by atoms with van der Waals surface area (Å²) in [7, 11) is 0. The van der Waals surface area contributed by atoms with Gasteiger partial charge in [-0.05, 0) is 31.8 Å². The van der Waals surface area contributed by atoms with Crippen molar-refractivity contribution in [2.45, 2.75) is 32.4 Å². The second kappa shape index (κ2) is 3.91. The first-order chi connectivity index (χ1) is 4.83. The molecule has 0 aromatic rings.